The van der Waals surface area contributed by atoms with E-state index in [1.807, 2.05) is 54.3 Å². The van der Waals surface area contributed by atoms with Crippen LogP contribution in [0.3, 0.4) is 0 Å². The third-order valence-corrected chi connectivity index (χ3v) is 4.76. The lowest BCUT2D eigenvalue weighted by atomic mass is 9.95. The minimum atomic E-state index is -0.00901. The molecule has 2 amide bonds. The van der Waals surface area contributed by atoms with E-state index in [4.69, 9.17) is 0 Å². The van der Waals surface area contributed by atoms with E-state index in [2.05, 4.69) is 17.4 Å². The molecule has 0 aromatic heterocycles. The highest BCUT2D eigenvalue weighted by Gasteiger charge is 2.27. The summed E-state index contributed by atoms with van der Waals surface area (Å²) in [5, 5.41) is 3.02. The molecule has 1 fully saturated rings. The molecule has 0 unspecified atom stereocenters. The monoisotopic (exact) mass is 336 g/mol. The first-order valence-corrected chi connectivity index (χ1v) is 8.81. The molecule has 0 aliphatic carbocycles. The molecule has 1 aliphatic heterocycles. The average molecular weight is 336 g/mol. The number of hydrogen-bond donors (Lipinski definition) is 1. The van der Waals surface area contributed by atoms with Crippen molar-refractivity contribution in [2.45, 2.75) is 26.3 Å². The van der Waals surface area contributed by atoms with Gasteiger partial charge in [-0.05, 0) is 37.5 Å². The van der Waals surface area contributed by atoms with Gasteiger partial charge in [0, 0.05) is 31.1 Å². The van der Waals surface area contributed by atoms with Crippen LogP contribution < -0.4 is 5.32 Å². The fraction of sp³-hybridized carbons (Fsp3) is 0.333. The molecule has 1 saturated heterocycles. The lowest BCUT2D eigenvalue weighted by Crippen LogP contribution is -2.42. The van der Waals surface area contributed by atoms with Crippen molar-refractivity contribution in [1.82, 2.24) is 10.2 Å². The zero-order valence-electron chi connectivity index (χ0n) is 14.6. The van der Waals surface area contributed by atoms with E-state index >= 15 is 0 Å². The molecule has 2 aromatic carbocycles. The number of carbonyl (C=O) groups is 2. The quantitative estimate of drug-likeness (QED) is 0.932. The third-order valence-electron chi connectivity index (χ3n) is 4.76. The number of likely N-dealkylation sites (tertiary alicyclic amines) is 1. The Morgan fingerprint density at radius 2 is 1.64 bits per heavy atom. The number of carbonyl (C=O) groups excluding carboxylic acids is 2. The van der Waals surface area contributed by atoms with E-state index in [0.717, 1.165) is 18.4 Å². The SMILES string of the molecule is Cc1ccc(CNC(=O)C2CCN(C(=O)c3ccccc3)CC2)cc1. The second-order valence-electron chi connectivity index (χ2n) is 6.64. The van der Waals surface area contributed by atoms with Gasteiger partial charge in [0.05, 0.1) is 0 Å². The third kappa shape index (κ3) is 4.47. The standard InChI is InChI=1S/C21H24N2O2/c1-16-7-9-17(10-8-16)15-22-20(24)18-11-13-23(14-12-18)21(25)19-5-3-2-4-6-19/h2-10,18H,11-15H2,1H3,(H,22,24). The lowest BCUT2D eigenvalue weighted by molar-refractivity contribution is -0.126. The van der Waals surface area contributed by atoms with Crippen molar-refractivity contribution >= 4 is 11.8 Å². The number of amides is 2. The van der Waals surface area contributed by atoms with Gasteiger partial charge in [0.15, 0.2) is 0 Å². The molecule has 1 N–H and O–H groups in total. The van der Waals surface area contributed by atoms with Crippen LogP contribution in [0.5, 0.6) is 0 Å². The second kappa shape index (κ2) is 7.97. The Morgan fingerprint density at radius 1 is 1.00 bits per heavy atom. The van der Waals surface area contributed by atoms with E-state index in [-0.39, 0.29) is 17.7 Å². The molecule has 0 radical (unpaired) electrons. The summed E-state index contributed by atoms with van der Waals surface area (Å²) in [5.74, 6) is 0.136. The summed E-state index contributed by atoms with van der Waals surface area (Å²) in [5.41, 5.74) is 3.03. The van der Waals surface area contributed by atoms with E-state index in [0.29, 0.717) is 25.2 Å². The van der Waals surface area contributed by atoms with Gasteiger partial charge in [-0.2, -0.15) is 0 Å². The van der Waals surface area contributed by atoms with E-state index in [9.17, 15) is 9.59 Å². The predicted octanol–water partition coefficient (Wildman–Crippen LogP) is 3.16. The highest BCUT2D eigenvalue weighted by atomic mass is 16.2. The molecule has 25 heavy (non-hydrogen) atoms. The number of rotatable bonds is 4. The van der Waals surface area contributed by atoms with Gasteiger partial charge < -0.3 is 10.2 Å². The summed E-state index contributed by atoms with van der Waals surface area (Å²) in [6, 6.07) is 17.5. The van der Waals surface area contributed by atoms with Gasteiger partial charge >= 0.3 is 0 Å². The maximum atomic E-state index is 12.4. The van der Waals surface area contributed by atoms with Gasteiger partial charge in [0.2, 0.25) is 5.91 Å². The van der Waals surface area contributed by atoms with Crippen LogP contribution in [0.2, 0.25) is 0 Å². The average Bonchev–Trinajstić information content (AvgIpc) is 2.67. The number of piperidine rings is 1. The van der Waals surface area contributed by atoms with Crippen LogP contribution in [-0.4, -0.2) is 29.8 Å². The van der Waals surface area contributed by atoms with Gasteiger partial charge in [0.1, 0.15) is 0 Å². The summed E-state index contributed by atoms with van der Waals surface area (Å²) in [7, 11) is 0. The maximum absolute atomic E-state index is 12.4. The number of benzene rings is 2. The largest absolute Gasteiger partial charge is 0.352 e. The van der Waals surface area contributed by atoms with Crippen molar-refractivity contribution < 1.29 is 9.59 Å². The topological polar surface area (TPSA) is 49.4 Å². The van der Waals surface area contributed by atoms with Crippen LogP contribution in [0.1, 0.15) is 34.3 Å². The van der Waals surface area contributed by atoms with Gasteiger partial charge in [-0.3, -0.25) is 9.59 Å². The maximum Gasteiger partial charge on any atom is 0.253 e. The van der Waals surface area contributed by atoms with Crippen molar-refractivity contribution in [2.75, 3.05) is 13.1 Å². The van der Waals surface area contributed by atoms with Crippen LogP contribution in [0.25, 0.3) is 0 Å². The molecule has 130 valence electrons. The summed E-state index contributed by atoms with van der Waals surface area (Å²) >= 11 is 0. The van der Waals surface area contributed by atoms with Crippen molar-refractivity contribution in [2.24, 2.45) is 5.92 Å². The Balaban J connectivity index is 1.47. The summed E-state index contributed by atoms with van der Waals surface area (Å²) in [4.78, 5) is 26.7. The van der Waals surface area contributed by atoms with Crippen molar-refractivity contribution in [3.63, 3.8) is 0 Å². The molecule has 0 spiro atoms. The van der Waals surface area contributed by atoms with Gasteiger partial charge in [-0.1, -0.05) is 48.0 Å². The van der Waals surface area contributed by atoms with Crippen molar-refractivity contribution in [3.05, 3.63) is 71.3 Å². The molecular formula is C21H24N2O2. The van der Waals surface area contributed by atoms with E-state index in [1.165, 1.54) is 5.56 Å². The zero-order valence-corrected chi connectivity index (χ0v) is 14.6. The Morgan fingerprint density at radius 3 is 2.28 bits per heavy atom. The van der Waals surface area contributed by atoms with Crippen molar-refractivity contribution in [3.8, 4) is 0 Å². The van der Waals surface area contributed by atoms with Crippen LogP contribution in [0, 0.1) is 12.8 Å². The number of hydrogen-bond acceptors (Lipinski definition) is 2. The van der Waals surface area contributed by atoms with Crippen molar-refractivity contribution in [1.29, 1.82) is 0 Å². The van der Waals surface area contributed by atoms with Crippen LogP contribution in [-0.2, 0) is 11.3 Å². The van der Waals surface area contributed by atoms with Gasteiger partial charge in [-0.25, -0.2) is 0 Å². The molecule has 0 atom stereocenters. The molecule has 1 aliphatic rings. The Hall–Kier alpha value is -2.62. The van der Waals surface area contributed by atoms with Crippen LogP contribution in [0.15, 0.2) is 54.6 Å². The smallest absolute Gasteiger partial charge is 0.253 e. The molecule has 3 rings (SSSR count). The summed E-state index contributed by atoms with van der Waals surface area (Å²) in [6.45, 7) is 3.88. The molecule has 4 nitrogen and oxygen atoms in total. The molecular weight excluding hydrogens is 312 g/mol. The molecule has 1 heterocycles. The molecule has 2 aromatic rings. The lowest BCUT2D eigenvalue weighted by Gasteiger charge is -2.31. The highest BCUT2D eigenvalue weighted by Crippen LogP contribution is 2.19. The highest BCUT2D eigenvalue weighted by molar-refractivity contribution is 5.94. The first kappa shape index (κ1) is 17.2. The van der Waals surface area contributed by atoms with Gasteiger partial charge in [0.25, 0.3) is 5.91 Å². The summed E-state index contributed by atoms with van der Waals surface area (Å²) < 4.78 is 0. The number of aryl methyl sites for hydroxylation is 1. The minimum Gasteiger partial charge on any atom is -0.352 e. The first-order valence-electron chi connectivity index (χ1n) is 8.81. The molecule has 0 bridgehead atoms. The number of nitrogens with one attached hydrogen (secondary N) is 1. The zero-order chi connectivity index (χ0) is 17.6. The predicted molar refractivity (Wildman–Crippen MR) is 98.1 cm³/mol. The summed E-state index contributed by atoms with van der Waals surface area (Å²) in [6.07, 6.45) is 1.44. The van der Waals surface area contributed by atoms with Crippen LogP contribution in [0.4, 0.5) is 0 Å². The first-order chi connectivity index (χ1) is 12.1. The van der Waals surface area contributed by atoms with E-state index < -0.39 is 0 Å². The molecule has 4 heteroatoms. The Kier molecular flexibility index (Phi) is 5.49. The normalized spacial score (nSPS) is 15.0. The Labute approximate surface area is 148 Å². The fourth-order valence-corrected chi connectivity index (χ4v) is 3.15. The van der Waals surface area contributed by atoms with Gasteiger partial charge in [-0.15, -0.1) is 0 Å². The Bertz CT molecular complexity index is 717. The fourth-order valence-electron chi connectivity index (χ4n) is 3.15. The van der Waals surface area contributed by atoms with E-state index in [1.54, 1.807) is 0 Å². The number of nitrogens with zero attached hydrogens (tertiary/aromatic N) is 1. The second-order valence-corrected chi connectivity index (χ2v) is 6.64. The minimum absolute atomic E-state index is 0.00901. The molecule has 0 saturated carbocycles. The van der Waals surface area contributed by atoms with Crippen LogP contribution >= 0.6 is 0 Å².